The maximum atomic E-state index is 13.1. The summed E-state index contributed by atoms with van der Waals surface area (Å²) in [7, 11) is 0. The van der Waals surface area contributed by atoms with E-state index in [4.69, 9.17) is 4.74 Å². The van der Waals surface area contributed by atoms with Crippen LogP contribution in [-0.2, 0) is 13.0 Å². The Morgan fingerprint density at radius 3 is 3.16 bits per heavy atom. The van der Waals surface area contributed by atoms with Gasteiger partial charge < -0.3 is 9.84 Å². The molecule has 5 nitrogen and oxygen atoms in total. The number of benzene rings is 1. The van der Waals surface area contributed by atoms with Crippen molar-refractivity contribution < 1.29 is 14.2 Å². The van der Waals surface area contributed by atoms with Gasteiger partial charge in [-0.1, -0.05) is 5.21 Å². The van der Waals surface area contributed by atoms with Gasteiger partial charge in [0.25, 0.3) is 0 Å². The minimum absolute atomic E-state index is 0.0830. The van der Waals surface area contributed by atoms with Crippen LogP contribution in [0.5, 0.6) is 5.75 Å². The third-order valence-corrected chi connectivity index (χ3v) is 3.14. The number of nitrogens with zero attached hydrogens (tertiary/aromatic N) is 3. The lowest BCUT2D eigenvalue weighted by Crippen LogP contribution is -2.21. The summed E-state index contributed by atoms with van der Waals surface area (Å²) in [4.78, 5) is 0. The van der Waals surface area contributed by atoms with Gasteiger partial charge in [0.1, 0.15) is 23.4 Å². The van der Waals surface area contributed by atoms with E-state index in [1.165, 1.54) is 12.1 Å². The van der Waals surface area contributed by atoms with Gasteiger partial charge in [-0.25, -0.2) is 9.07 Å². The molecular weight excluding hydrogens is 249 g/mol. The summed E-state index contributed by atoms with van der Waals surface area (Å²) in [6, 6.07) is 4.54. The highest BCUT2D eigenvalue weighted by atomic mass is 19.1. The second-order valence-corrected chi connectivity index (χ2v) is 4.74. The van der Waals surface area contributed by atoms with Gasteiger partial charge in [0, 0.05) is 12.0 Å². The molecule has 0 aliphatic carbocycles. The molecule has 2 unspecified atom stereocenters. The molecule has 100 valence electrons. The molecule has 2 heterocycles. The third-order valence-electron chi connectivity index (χ3n) is 3.14. The molecule has 0 saturated carbocycles. The van der Waals surface area contributed by atoms with Crippen molar-refractivity contribution >= 4 is 0 Å². The lowest BCUT2D eigenvalue weighted by atomic mass is 10.1. The lowest BCUT2D eigenvalue weighted by molar-refractivity contribution is 0.193. The van der Waals surface area contributed by atoms with E-state index < -0.39 is 6.10 Å². The van der Waals surface area contributed by atoms with Crippen LogP contribution in [0.15, 0.2) is 24.4 Å². The zero-order valence-electron chi connectivity index (χ0n) is 10.5. The Morgan fingerprint density at radius 1 is 1.58 bits per heavy atom. The number of aromatic nitrogens is 3. The summed E-state index contributed by atoms with van der Waals surface area (Å²) in [5, 5.41) is 17.2. The number of aliphatic hydroxyl groups is 1. The fourth-order valence-corrected chi connectivity index (χ4v) is 2.19. The highest BCUT2D eigenvalue weighted by Crippen LogP contribution is 2.29. The van der Waals surface area contributed by atoms with Crippen molar-refractivity contribution in [2.75, 3.05) is 0 Å². The van der Waals surface area contributed by atoms with Gasteiger partial charge in [-0.2, -0.15) is 0 Å². The summed E-state index contributed by atoms with van der Waals surface area (Å²) in [5.41, 5.74) is 1.41. The van der Waals surface area contributed by atoms with Crippen LogP contribution in [0.3, 0.4) is 0 Å². The average Bonchev–Trinajstić information content (AvgIpc) is 2.95. The second kappa shape index (κ2) is 4.62. The van der Waals surface area contributed by atoms with Gasteiger partial charge in [-0.05, 0) is 25.1 Å². The van der Waals surface area contributed by atoms with Gasteiger partial charge in [0.2, 0.25) is 0 Å². The molecule has 19 heavy (non-hydrogen) atoms. The molecule has 0 amide bonds. The van der Waals surface area contributed by atoms with Crippen LogP contribution in [0, 0.1) is 5.82 Å². The first-order chi connectivity index (χ1) is 9.11. The molecule has 1 aromatic heterocycles. The normalized spacial score (nSPS) is 19.0. The molecule has 3 rings (SSSR count). The molecule has 0 fully saturated rings. The zero-order chi connectivity index (χ0) is 13.4. The van der Waals surface area contributed by atoms with Crippen LogP contribution < -0.4 is 4.74 Å². The average molecular weight is 263 g/mol. The summed E-state index contributed by atoms with van der Waals surface area (Å²) in [6.45, 7) is 2.16. The smallest absolute Gasteiger partial charge is 0.123 e. The molecule has 0 spiro atoms. The number of rotatable bonds is 3. The molecule has 1 aromatic carbocycles. The van der Waals surface area contributed by atoms with Crippen LogP contribution in [0.2, 0.25) is 0 Å². The van der Waals surface area contributed by atoms with Crippen molar-refractivity contribution in [1.29, 1.82) is 0 Å². The third kappa shape index (κ3) is 2.44. The van der Waals surface area contributed by atoms with E-state index in [-0.39, 0.29) is 11.9 Å². The molecule has 0 saturated heterocycles. The number of hydrogen-bond acceptors (Lipinski definition) is 4. The van der Waals surface area contributed by atoms with E-state index >= 15 is 0 Å². The predicted molar refractivity (Wildman–Crippen MR) is 65.2 cm³/mol. The Balaban J connectivity index is 1.69. The highest BCUT2D eigenvalue weighted by Gasteiger charge is 2.24. The van der Waals surface area contributed by atoms with Crippen LogP contribution in [0.25, 0.3) is 0 Å². The minimum atomic E-state index is -0.635. The molecule has 1 aliphatic heterocycles. The number of hydrogen-bond donors (Lipinski definition) is 1. The van der Waals surface area contributed by atoms with Crippen molar-refractivity contribution in [2.45, 2.75) is 32.1 Å². The largest absolute Gasteiger partial charge is 0.488 e. The van der Waals surface area contributed by atoms with E-state index in [0.717, 1.165) is 11.3 Å². The van der Waals surface area contributed by atoms with Gasteiger partial charge in [-0.15, -0.1) is 5.10 Å². The summed E-state index contributed by atoms with van der Waals surface area (Å²) in [5.74, 6) is 0.474. The van der Waals surface area contributed by atoms with E-state index in [1.54, 1.807) is 23.9 Å². The van der Waals surface area contributed by atoms with E-state index in [0.29, 0.717) is 18.7 Å². The standard InChI is InChI=1S/C13H14FN3O2/c1-8(18)12-7-17(16-15-12)6-11-5-9-4-10(14)2-3-13(9)19-11/h2-4,7-8,11,18H,5-6H2,1H3. The quantitative estimate of drug-likeness (QED) is 0.911. The zero-order valence-corrected chi connectivity index (χ0v) is 10.5. The second-order valence-electron chi connectivity index (χ2n) is 4.74. The van der Waals surface area contributed by atoms with E-state index in [1.807, 2.05) is 0 Å². The van der Waals surface area contributed by atoms with E-state index in [9.17, 15) is 9.50 Å². The topological polar surface area (TPSA) is 60.2 Å². The predicted octanol–water partition coefficient (Wildman–Crippen LogP) is 1.47. The molecule has 2 aromatic rings. The number of halogens is 1. The molecule has 0 radical (unpaired) electrons. The van der Waals surface area contributed by atoms with Crippen molar-refractivity contribution in [2.24, 2.45) is 0 Å². The van der Waals surface area contributed by atoms with E-state index in [2.05, 4.69) is 10.3 Å². The molecular formula is C13H14FN3O2. The van der Waals surface area contributed by atoms with Crippen molar-refractivity contribution in [3.05, 3.63) is 41.5 Å². The van der Waals surface area contributed by atoms with Gasteiger partial charge >= 0.3 is 0 Å². The molecule has 1 N–H and O–H groups in total. The van der Waals surface area contributed by atoms with Crippen LogP contribution in [0.1, 0.15) is 24.3 Å². The monoisotopic (exact) mass is 263 g/mol. The summed E-state index contributed by atoms with van der Waals surface area (Å²) < 4.78 is 20.4. The van der Waals surface area contributed by atoms with Gasteiger partial charge in [-0.3, -0.25) is 0 Å². The van der Waals surface area contributed by atoms with Crippen LogP contribution in [-0.4, -0.2) is 26.2 Å². The Kier molecular flexibility index (Phi) is 2.94. The SMILES string of the molecule is CC(O)c1cn(CC2Cc3cc(F)ccc3O2)nn1. The van der Waals surface area contributed by atoms with Crippen molar-refractivity contribution in [1.82, 2.24) is 15.0 Å². The van der Waals surface area contributed by atoms with Gasteiger partial charge in [0.05, 0.1) is 18.8 Å². The number of fused-ring (bicyclic) bond motifs is 1. The van der Waals surface area contributed by atoms with Crippen molar-refractivity contribution in [3.63, 3.8) is 0 Å². The van der Waals surface area contributed by atoms with Gasteiger partial charge in [0.15, 0.2) is 0 Å². The Labute approximate surface area is 109 Å². The van der Waals surface area contributed by atoms with Crippen LogP contribution >= 0.6 is 0 Å². The van der Waals surface area contributed by atoms with Crippen LogP contribution in [0.4, 0.5) is 4.39 Å². The number of ether oxygens (including phenoxy) is 1. The Hall–Kier alpha value is -1.95. The molecule has 2 atom stereocenters. The fourth-order valence-electron chi connectivity index (χ4n) is 2.19. The maximum Gasteiger partial charge on any atom is 0.123 e. The molecule has 6 heteroatoms. The summed E-state index contributed by atoms with van der Waals surface area (Å²) in [6.07, 6.45) is 1.62. The first-order valence-corrected chi connectivity index (χ1v) is 6.15. The first kappa shape index (κ1) is 12.1. The first-order valence-electron chi connectivity index (χ1n) is 6.15. The highest BCUT2D eigenvalue weighted by molar-refractivity contribution is 5.37. The number of aliphatic hydroxyl groups excluding tert-OH is 1. The minimum Gasteiger partial charge on any atom is -0.488 e. The van der Waals surface area contributed by atoms with Crippen molar-refractivity contribution in [3.8, 4) is 5.75 Å². The fraction of sp³-hybridized carbons (Fsp3) is 0.385. The lowest BCUT2D eigenvalue weighted by Gasteiger charge is -2.09. The Bertz CT molecular complexity index is 597. The molecule has 0 bridgehead atoms. The summed E-state index contributed by atoms with van der Waals surface area (Å²) >= 11 is 0. The molecule has 1 aliphatic rings. The maximum absolute atomic E-state index is 13.1. The Morgan fingerprint density at radius 2 is 2.42 bits per heavy atom.